The Morgan fingerprint density at radius 2 is 2.05 bits per heavy atom. The summed E-state index contributed by atoms with van der Waals surface area (Å²) < 4.78 is 0. The highest BCUT2D eigenvalue weighted by atomic mass is 35.5. The van der Waals surface area contributed by atoms with E-state index in [4.69, 9.17) is 17.3 Å². The van der Waals surface area contributed by atoms with Crippen LogP contribution in [0.5, 0.6) is 0 Å². The topological polar surface area (TPSA) is 58.4 Å². The van der Waals surface area contributed by atoms with Gasteiger partial charge < -0.3 is 11.1 Å². The highest BCUT2D eigenvalue weighted by molar-refractivity contribution is 6.33. The summed E-state index contributed by atoms with van der Waals surface area (Å²) in [6.45, 7) is 6.49. The zero-order valence-electron chi connectivity index (χ0n) is 13.6. The molecule has 3 unspecified atom stereocenters. The predicted octanol–water partition coefficient (Wildman–Crippen LogP) is 3.90. The number of piperidine rings is 1. The number of nitrogens with two attached hydrogens (primary N) is 1. The van der Waals surface area contributed by atoms with E-state index in [0.717, 1.165) is 19.3 Å². The van der Waals surface area contributed by atoms with Gasteiger partial charge in [-0.1, -0.05) is 24.9 Å². The lowest BCUT2D eigenvalue weighted by Crippen LogP contribution is -2.54. The van der Waals surface area contributed by atoms with Gasteiger partial charge in [-0.25, -0.2) is 0 Å². The Labute approximate surface area is 138 Å². The molecule has 0 bridgehead atoms. The zero-order valence-corrected chi connectivity index (χ0v) is 14.4. The van der Waals surface area contributed by atoms with E-state index < -0.39 is 0 Å². The fourth-order valence-corrected chi connectivity index (χ4v) is 3.55. The summed E-state index contributed by atoms with van der Waals surface area (Å²) in [7, 11) is 0. The first-order valence-corrected chi connectivity index (χ1v) is 8.45. The summed E-state index contributed by atoms with van der Waals surface area (Å²) in [6, 6.07) is 5.97. The molecule has 2 rings (SSSR count). The van der Waals surface area contributed by atoms with Crippen LogP contribution in [0.25, 0.3) is 0 Å². The fraction of sp³-hybridized carbons (Fsp3) is 0.588. The van der Waals surface area contributed by atoms with Gasteiger partial charge in [-0.05, 0) is 51.3 Å². The maximum Gasteiger partial charge on any atom is 0.241 e. The Hall–Kier alpha value is -1.26. The van der Waals surface area contributed by atoms with Gasteiger partial charge >= 0.3 is 0 Å². The number of carbonyl (C=O) groups is 1. The van der Waals surface area contributed by atoms with E-state index in [-0.39, 0.29) is 11.9 Å². The van der Waals surface area contributed by atoms with Crippen molar-refractivity contribution in [1.82, 2.24) is 4.90 Å². The van der Waals surface area contributed by atoms with Crippen LogP contribution in [0.4, 0.5) is 11.4 Å². The number of benzene rings is 1. The Balaban J connectivity index is 2.12. The van der Waals surface area contributed by atoms with Crippen LogP contribution < -0.4 is 11.1 Å². The van der Waals surface area contributed by atoms with Crippen LogP contribution in [0.2, 0.25) is 5.02 Å². The first-order valence-electron chi connectivity index (χ1n) is 8.07. The highest BCUT2D eigenvalue weighted by Crippen LogP contribution is 2.27. The average molecular weight is 324 g/mol. The summed E-state index contributed by atoms with van der Waals surface area (Å²) in [5.74, 6) is 0.0322. The molecule has 0 aromatic heterocycles. The maximum atomic E-state index is 12.7. The van der Waals surface area contributed by atoms with Crippen LogP contribution >= 0.6 is 11.6 Å². The van der Waals surface area contributed by atoms with Crippen molar-refractivity contribution in [2.24, 2.45) is 0 Å². The number of hydrogen-bond acceptors (Lipinski definition) is 3. The molecule has 1 aliphatic heterocycles. The van der Waals surface area contributed by atoms with Crippen LogP contribution in [-0.2, 0) is 4.79 Å². The number of halogens is 1. The minimum absolute atomic E-state index is 0.0322. The molecule has 3 atom stereocenters. The number of carbonyl (C=O) groups excluding carboxylic acids is 1. The van der Waals surface area contributed by atoms with Crippen molar-refractivity contribution in [3.63, 3.8) is 0 Å². The first-order chi connectivity index (χ1) is 10.4. The van der Waals surface area contributed by atoms with Crippen LogP contribution in [0.3, 0.4) is 0 Å². The Morgan fingerprint density at radius 1 is 1.41 bits per heavy atom. The van der Waals surface area contributed by atoms with Gasteiger partial charge in [0.25, 0.3) is 0 Å². The number of amides is 1. The molecule has 122 valence electrons. The molecule has 1 fully saturated rings. The summed E-state index contributed by atoms with van der Waals surface area (Å²) in [5, 5.41) is 3.48. The largest absolute Gasteiger partial charge is 0.397 e. The second-order valence-electron chi connectivity index (χ2n) is 6.23. The van der Waals surface area contributed by atoms with Crippen molar-refractivity contribution in [1.29, 1.82) is 0 Å². The first kappa shape index (κ1) is 17.1. The molecule has 1 amide bonds. The maximum absolute atomic E-state index is 12.7. The lowest BCUT2D eigenvalue weighted by molar-refractivity contribution is -0.124. The Kier molecular flexibility index (Phi) is 5.70. The molecule has 4 nitrogen and oxygen atoms in total. The molecule has 1 aromatic carbocycles. The van der Waals surface area contributed by atoms with Gasteiger partial charge in [0, 0.05) is 17.8 Å². The summed E-state index contributed by atoms with van der Waals surface area (Å²) in [6.07, 6.45) is 4.35. The number of likely N-dealkylation sites (tertiary alicyclic amines) is 1. The number of nitrogens with one attached hydrogen (secondary N) is 1. The van der Waals surface area contributed by atoms with E-state index in [9.17, 15) is 4.79 Å². The molecule has 1 aliphatic rings. The van der Waals surface area contributed by atoms with E-state index in [1.807, 2.05) is 0 Å². The highest BCUT2D eigenvalue weighted by Gasteiger charge is 2.34. The van der Waals surface area contributed by atoms with Crippen molar-refractivity contribution in [3.8, 4) is 0 Å². The number of nitrogens with zero attached hydrogens (tertiary/aromatic N) is 1. The van der Waals surface area contributed by atoms with E-state index in [0.29, 0.717) is 28.5 Å². The van der Waals surface area contributed by atoms with Gasteiger partial charge in [-0.3, -0.25) is 9.69 Å². The molecule has 1 aromatic rings. The molecule has 0 spiro atoms. The summed E-state index contributed by atoms with van der Waals surface area (Å²) >= 11 is 5.92. The van der Waals surface area contributed by atoms with Crippen molar-refractivity contribution in [2.75, 3.05) is 11.1 Å². The summed E-state index contributed by atoms with van der Waals surface area (Å²) in [5.41, 5.74) is 6.97. The van der Waals surface area contributed by atoms with Gasteiger partial charge in [0.1, 0.15) is 0 Å². The minimum Gasteiger partial charge on any atom is -0.397 e. The average Bonchev–Trinajstić information content (AvgIpc) is 2.47. The molecule has 0 radical (unpaired) electrons. The molecule has 1 heterocycles. The van der Waals surface area contributed by atoms with Crippen LogP contribution in [0.1, 0.15) is 46.5 Å². The molecular weight excluding hydrogens is 298 g/mol. The lowest BCUT2D eigenvalue weighted by Gasteiger charge is -2.43. The van der Waals surface area contributed by atoms with Crippen molar-refractivity contribution < 1.29 is 4.79 Å². The fourth-order valence-electron chi connectivity index (χ4n) is 3.43. The van der Waals surface area contributed by atoms with Gasteiger partial charge in [0.05, 0.1) is 16.8 Å². The van der Waals surface area contributed by atoms with Crippen LogP contribution in [0, 0.1) is 0 Å². The number of nitrogen functional groups attached to an aromatic ring is 1. The molecule has 1 saturated heterocycles. The second kappa shape index (κ2) is 7.34. The Bertz CT molecular complexity index is 525. The number of rotatable bonds is 4. The van der Waals surface area contributed by atoms with Crippen LogP contribution in [-0.4, -0.2) is 28.9 Å². The molecule has 0 aliphatic carbocycles. The normalized spacial score (nSPS) is 24.0. The van der Waals surface area contributed by atoms with E-state index >= 15 is 0 Å². The van der Waals surface area contributed by atoms with E-state index in [2.05, 4.69) is 31.0 Å². The van der Waals surface area contributed by atoms with Gasteiger partial charge in [0.2, 0.25) is 5.91 Å². The van der Waals surface area contributed by atoms with Crippen LogP contribution in [0.15, 0.2) is 18.2 Å². The third kappa shape index (κ3) is 3.73. The minimum atomic E-state index is -0.109. The van der Waals surface area contributed by atoms with Crippen molar-refractivity contribution in [2.45, 2.75) is 64.6 Å². The van der Waals surface area contributed by atoms with E-state index in [1.165, 1.54) is 6.42 Å². The molecule has 3 N–H and O–H groups in total. The predicted molar refractivity (Wildman–Crippen MR) is 93.2 cm³/mol. The standard InChI is InChI=1S/C17H26ClN3O/c1-4-16(21-11(2)6-5-7-12(21)3)17(22)20-13-8-9-14(18)15(19)10-13/h8-12,16H,4-7,19H2,1-3H3,(H,20,22). The number of hydrogen-bond donors (Lipinski definition) is 2. The third-order valence-electron chi connectivity index (χ3n) is 4.57. The quantitative estimate of drug-likeness (QED) is 0.826. The van der Waals surface area contributed by atoms with Gasteiger partial charge in [0.15, 0.2) is 0 Å². The smallest absolute Gasteiger partial charge is 0.241 e. The van der Waals surface area contributed by atoms with Crippen molar-refractivity contribution in [3.05, 3.63) is 23.2 Å². The molecule has 22 heavy (non-hydrogen) atoms. The summed E-state index contributed by atoms with van der Waals surface area (Å²) in [4.78, 5) is 15.1. The van der Waals surface area contributed by atoms with Gasteiger partial charge in [-0.2, -0.15) is 0 Å². The monoisotopic (exact) mass is 323 g/mol. The van der Waals surface area contributed by atoms with Crippen molar-refractivity contribution >= 4 is 28.9 Å². The van der Waals surface area contributed by atoms with Gasteiger partial charge in [-0.15, -0.1) is 0 Å². The number of anilines is 2. The third-order valence-corrected chi connectivity index (χ3v) is 4.92. The molecule has 0 saturated carbocycles. The Morgan fingerprint density at radius 3 is 2.59 bits per heavy atom. The lowest BCUT2D eigenvalue weighted by atomic mass is 9.94. The molecule has 5 heteroatoms. The van der Waals surface area contributed by atoms with E-state index in [1.54, 1.807) is 18.2 Å². The SMILES string of the molecule is CCC(C(=O)Nc1ccc(Cl)c(N)c1)N1C(C)CCCC1C. The zero-order chi connectivity index (χ0) is 16.3. The second-order valence-corrected chi connectivity index (χ2v) is 6.63. The molecular formula is C17H26ClN3O.